The van der Waals surface area contributed by atoms with Crippen LogP contribution in [0.15, 0.2) is 6.07 Å². The molecule has 2 rings (SSSR count). The lowest BCUT2D eigenvalue weighted by Crippen LogP contribution is -2.35. The molecule has 19 heavy (non-hydrogen) atoms. The van der Waals surface area contributed by atoms with Gasteiger partial charge in [0.15, 0.2) is 0 Å². The molecule has 1 saturated carbocycles. The lowest BCUT2D eigenvalue weighted by molar-refractivity contribution is 0.282. The van der Waals surface area contributed by atoms with E-state index in [-0.39, 0.29) is 5.54 Å². The normalized spacial score (nSPS) is 15.6. The van der Waals surface area contributed by atoms with E-state index in [1.165, 1.54) is 24.0 Å². The maximum Gasteiger partial charge on any atom is 0.218 e. The van der Waals surface area contributed by atoms with Gasteiger partial charge in [-0.2, -0.15) is 0 Å². The van der Waals surface area contributed by atoms with Crippen LogP contribution in [-0.2, 0) is 6.54 Å². The number of ether oxygens (including phenoxy) is 1. The van der Waals surface area contributed by atoms with E-state index in [1.54, 1.807) is 0 Å². The third-order valence-electron chi connectivity index (χ3n) is 3.39. The van der Waals surface area contributed by atoms with E-state index in [2.05, 4.69) is 44.1 Å². The van der Waals surface area contributed by atoms with Crippen molar-refractivity contribution in [2.75, 3.05) is 6.61 Å². The van der Waals surface area contributed by atoms with E-state index in [9.17, 15) is 0 Å². The molecule has 1 aromatic rings. The summed E-state index contributed by atoms with van der Waals surface area (Å²) in [4.78, 5) is 4.57. The number of nitrogens with zero attached hydrogens (tertiary/aromatic N) is 1. The summed E-state index contributed by atoms with van der Waals surface area (Å²) in [6.45, 7) is 12.3. The van der Waals surface area contributed by atoms with Crippen LogP contribution in [0.4, 0.5) is 0 Å². The van der Waals surface area contributed by atoms with Crippen molar-refractivity contribution >= 4 is 0 Å². The van der Waals surface area contributed by atoms with E-state index in [1.807, 2.05) is 6.92 Å². The molecule has 1 N–H and O–H groups in total. The fraction of sp³-hybridized carbons (Fsp3) is 0.688. The number of aromatic nitrogens is 1. The highest BCUT2D eigenvalue weighted by Crippen LogP contribution is 2.30. The third-order valence-corrected chi connectivity index (χ3v) is 3.39. The summed E-state index contributed by atoms with van der Waals surface area (Å²) in [7, 11) is 0. The van der Waals surface area contributed by atoms with Gasteiger partial charge in [-0.05, 0) is 65.0 Å². The molecule has 106 valence electrons. The van der Waals surface area contributed by atoms with Gasteiger partial charge in [0.2, 0.25) is 5.88 Å². The predicted molar refractivity (Wildman–Crippen MR) is 78.5 cm³/mol. The Labute approximate surface area is 116 Å². The van der Waals surface area contributed by atoms with Crippen LogP contribution >= 0.6 is 0 Å². The highest BCUT2D eigenvalue weighted by atomic mass is 16.5. The van der Waals surface area contributed by atoms with Crippen LogP contribution in [0.25, 0.3) is 0 Å². The Morgan fingerprint density at radius 2 is 2.00 bits per heavy atom. The van der Waals surface area contributed by atoms with Gasteiger partial charge in [0, 0.05) is 23.3 Å². The maximum absolute atomic E-state index is 5.94. The highest BCUT2D eigenvalue weighted by molar-refractivity contribution is 5.36. The molecule has 0 atom stereocenters. The van der Waals surface area contributed by atoms with Crippen LogP contribution in [0.5, 0.6) is 5.88 Å². The first-order valence-corrected chi connectivity index (χ1v) is 7.20. The van der Waals surface area contributed by atoms with Crippen molar-refractivity contribution < 1.29 is 4.74 Å². The van der Waals surface area contributed by atoms with Crippen molar-refractivity contribution in [2.45, 2.75) is 59.5 Å². The minimum Gasteiger partial charge on any atom is -0.477 e. The summed E-state index contributed by atoms with van der Waals surface area (Å²) in [6.07, 6.45) is 2.61. The zero-order chi connectivity index (χ0) is 14.0. The molecule has 3 heteroatoms. The zero-order valence-corrected chi connectivity index (χ0v) is 12.8. The molecule has 1 heterocycles. The largest absolute Gasteiger partial charge is 0.477 e. The number of pyridine rings is 1. The number of aryl methyl sites for hydroxylation is 2. The summed E-state index contributed by atoms with van der Waals surface area (Å²) in [6, 6.07) is 2.13. The van der Waals surface area contributed by atoms with Gasteiger partial charge in [0.05, 0.1) is 6.61 Å². The summed E-state index contributed by atoms with van der Waals surface area (Å²) < 4.78 is 5.94. The van der Waals surface area contributed by atoms with E-state index < -0.39 is 0 Å². The lowest BCUT2D eigenvalue weighted by atomic mass is 10.1. The molecule has 0 bridgehead atoms. The molecule has 0 saturated heterocycles. The number of hydrogen-bond acceptors (Lipinski definition) is 3. The molecule has 0 unspecified atom stereocenters. The minimum absolute atomic E-state index is 0.102. The summed E-state index contributed by atoms with van der Waals surface area (Å²) in [5, 5.41) is 3.52. The van der Waals surface area contributed by atoms with Crippen LogP contribution in [0, 0.1) is 19.8 Å². The Morgan fingerprint density at radius 3 is 2.58 bits per heavy atom. The number of nitrogens with one attached hydrogen (secondary N) is 1. The Balaban J connectivity index is 2.12. The first-order chi connectivity index (χ1) is 8.85. The van der Waals surface area contributed by atoms with Crippen molar-refractivity contribution in [2.24, 2.45) is 5.92 Å². The van der Waals surface area contributed by atoms with Gasteiger partial charge in [-0.15, -0.1) is 0 Å². The van der Waals surface area contributed by atoms with Crippen molar-refractivity contribution in [1.29, 1.82) is 0 Å². The third kappa shape index (κ3) is 4.50. The second-order valence-corrected chi connectivity index (χ2v) is 6.72. The van der Waals surface area contributed by atoms with Crippen LogP contribution in [0.2, 0.25) is 0 Å². The van der Waals surface area contributed by atoms with Crippen molar-refractivity contribution in [3.05, 3.63) is 22.9 Å². The van der Waals surface area contributed by atoms with Crippen molar-refractivity contribution in [1.82, 2.24) is 10.3 Å². The molecular weight excluding hydrogens is 236 g/mol. The fourth-order valence-corrected chi connectivity index (χ4v) is 2.00. The smallest absolute Gasteiger partial charge is 0.218 e. The monoisotopic (exact) mass is 262 g/mol. The van der Waals surface area contributed by atoms with Gasteiger partial charge in [-0.3, -0.25) is 0 Å². The van der Waals surface area contributed by atoms with Gasteiger partial charge in [-0.25, -0.2) is 4.98 Å². The topological polar surface area (TPSA) is 34.1 Å². The second-order valence-electron chi connectivity index (χ2n) is 6.72. The van der Waals surface area contributed by atoms with E-state index in [4.69, 9.17) is 4.74 Å². The van der Waals surface area contributed by atoms with Crippen LogP contribution < -0.4 is 10.1 Å². The molecule has 1 aromatic heterocycles. The molecule has 0 amide bonds. The van der Waals surface area contributed by atoms with Crippen molar-refractivity contribution in [3.63, 3.8) is 0 Å². The molecule has 1 aliphatic rings. The second kappa shape index (κ2) is 5.49. The molecule has 3 nitrogen and oxygen atoms in total. The molecule has 1 fully saturated rings. The van der Waals surface area contributed by atoms with Crippen LogP contribution in [0.3, 0.4) is 0 Å². The standard InChI is InChI=1S/C16H26N2O/c1-11-8-12(2)18-15(19-10-13-6-7-13)14(11)9-17-16(3,4)5/h8,13,17H,6-7,9-10H2,1-5H3. The lowest BCUT2D eigenvalue weighted by Gasteiger charge is -2.22. The Hall–Kier alpha value is -1.09. The van der Waals surface area contributed by atoms with Gasteiger partial charge in [-0.1, -0.05) is 0 Å². The van der Waals surface area contributed by atoms with Crippen LogP contribution in [-0.4, -0.2) is 17.1 Å². The molecule has 1 aliphatic carbocycles. The highest BCUT2D eigenvalue weighted by Gasteiger charge is 2.23. The van der Waals surface area contributed by atoms with Gasteiger partial charge < -0.3 is 10.1 Å². The zero-order valence-electron chi connectivity index (χ0n) is 12.8. The fourth-order valence-electron chi connectivity index (χ4n) is 2.00. The molecular formula is C16H26N2O. The van der Waals surface area contributed by atoms with Gasteiger partial charge in [0.25, 0.3) is 0 Å². The van der Waals surface area contributed by atoms with Gasteiger partial charge >= 0.3 is 0 Å². The van der Waals surface area contributed by atoms with E-state index in [0.29, 0.717) is 0 Å². The Kier molecular flexibility index (Phi) is 4.14. The van der Waals surface area contributed by atoms with Crippen molar-refractivity contribution in [3.8, 4) is 5.88 Å². The first-order valence-electron chi connectivity index (χ1n) is 7.20. The van der Waals surface area contributed by atoms with E-state index in [0.717, 1.165) is 30.6 Å². The molecule has 0 aromatic carbocycles. The maximum atomic E-state index is 5.94. The molecule has 0 aliphatic heterocycles. The van der Waals surface area contributed by atoms with Gasteiger partial charge in [0.1, 0.15) is 0 Å². The van der Waals surface area contributed by atoms with E-state index >= 15 is 0 Å². The SMILES string of the molecule is Cc1cc(C)c(CNC(C)(C)C)c(OCC2CC2)n1. The minimum atomic E-state index is 0.102. The average Bonchev–Trinajstić information content (AvgIpc) is 3.06. The Bertz CT molecular complexity index is 445. The molecule has 0 radical (unpaired) electrons. The first kappa shape index (κ1) is 14.3. The quantitative estimate of drug-likeness (QED) is 0.883. The Morgan fingerprint density at radius 1 is 1.32 bits per heavy atom. The summed E-state index contributed by atoms with van der Waals surface area (Å²) in [5.74, 6) is 1.58. The number of hydrogen-bond donors (Lipinski definition) is 1. The van der Waals surface area contributed by atoms with Crippen LogP contribution in [0.1, 0.15) is 50.4 Å². The molecule has 0 spiro atoms. The summed E-state index contributed by atoms with van der Waals surface area (Å²) >= 11 is 0. The average molecular weight is 262 g/mol. The predicted octanol–water partition coefficient (Wildman–Crippen LogP) is 3.38. The number of rotatable bonds is 5. The summed E-state index contributed by atoms with van der Waals surface area (Å²) in [5.41, 5.74) is 3.59.